The van der Waals surface area contributed by atoms with Crippen molar-refractivity contribution in [3.05, 3.63) is 12.1 Å². The van der Waals surface area contributed by atoms with Gasteiger partial charge >= 0.3 is 6.98 Å². The largest absolute Gasteiger partial charge is 0.506 e. The predicted molar refractivity (Wildman–Crippen MR) is 63.9 cm³/mol. The molecule has 0 aromatic heterocycles. The van der Waals surface area contributed by atoms with Crippen LogP contribution in [0.3, 0.4) is 0 Å². The molecular formula is C11H20BF3NO-. The Morgan fingerprint density at radius 3 is 1.94 bits per heavy atom. The Hall–Kier alpha value is -0.485. The van der Waals surface area contributed by atoms with Gasteiger partial charge in [-0.2, -0.15) is 0 Å². The van der Waals surface area contributed by atoms with Crippen LogP contribution in [0.4, 0.5) is 12.9 Å². The Kier molecular flexibility index (Phi) is 3.70. The van der Waals surface area contributed by atoms with Crippen LogP contribution in [0.5, 0.6) is 0 Å². The first-order valence-corrected chi connectivity index (χ1v) is 5.71. The molecule has 1 aliphatic rings. The molecule has 0 N–H and O–H groups in total. The Bertz CT molecular complexity index is 296. The standard InChI is InChI=1S/C11H20BF3NO/c1-9(12(13,14)15)6-16-7-10(2,3)17-11(4,5)8-16/h1,6-8H2,2-5H3/q-1. The number of hydrogen-bond donors (Lipinski definition) is 0. The van der Waals surface area contributed by atoms with Gasteiger partial charge in [-0.15, -0.1) is 12.1 Å². The summed E-state index contributed by atoms with van der Waals surface area (Å²) in [6.07, 6.45) is 0. The minimum Gasteiger partial charge on any atom is -0.445 e. The summed E-state index contributed by atoms with van der Waals surface area (Å²) in [4.78, 5) is 1.76. The average molecular weight is 250 g/mol. The monoisotopic (exact) mass is 250 g/mol. The fraction of sp³-hybridized carbons (Fsp3) is 0.818. The van der Waals surface area contributed by atoms with E-state index in [0.717, 1.165) is 0 Å². The van der Waals surface area contributed by atoms with Crippen LogP contribution in [0.25, 0.3) is 0 Å². The molecular weight excluding hydrogens is 230 g/mol. The van der Waals surface area contributed by atoms with E-state index >= 15 is 0 Å². The van der Waals surface area contributed by atoms with E-state index in [-0.39, 0.29) is 6.54 Å². The molecule has 0 aliphatic carbocycles. The second-order valence-electron chi connectivity index (χ2n) is 6.00. The van der Waals surface area contributed by atoms with E-state index in [0.29, 0.717) is 13.1 Å². The van der Waals surface area contributed by atoms with Gasteiger partial charge in [0.25, 0.3) is 0 Å². The number of morpholine rings is 1. The van der Waals surface area contributed by atoms with Gasteiger partial charge in [0.05, 0.1) is 11.2 Å². The molecule has 0 bridgehead atoms. The van der Waals surface area contributed by atoms with Crippen molar-refractivity contribution in [2.24, 2.45) is 0 Å². The van der Waals surface area contributed by atoms with E-state index < -0.39 is 23.7 Å². The number of rotatable bonds is 3. The first kappa shape index (κ1) is 14.6. The molecule has 1 fully saturated rings. The van der Waals surface area contributed by atoms with Crippen LogP contribution >= 0.6 is 0 Å². The first-order chi connectivity index (χ1) is 7.41. The summed E-state index contributed by atoms with van der Waals surface area (Å²) < 4.78 is 43.3. The van der Waals surface area contributed by atoms with Crippen molar-refractivity contribution in [2.75, 3.05) is 19.6 Å². The second kappa shape index (κ2) is 4.32. The Morgan fingerprint density at radius 1 is 1.18 bits per heavy atom. The molecule has 0 atom stereocenters. The predicted octanol–water partition coefficient (Wildman–Crippen LogP) is 2.82. The van der Waals surface area contributed by atoms with E-state index in [2.05, 4.69) is 6.58 Å². The van der Waals surface area contributed by atoms with Crippen LogP contribution in [0.1, 0.15) is 27.7 Å². The van der Waals surface area contributed by atoms with E-state index in [1.807, 2.05) is 27.7 Å². The van der Waals surface area contributed by atoms with E-state index in [1.54, 1.807) is 4.90 Å². The third-order valence-corrected chi connectivity index (χ3v) is 2.65. The molecule has 0 aromatic rings. The maximum Gasteiger partial charge on any atom is 0.506 e. The molecule has 100 valence electrons. The summed E-state index contributed by atoms with van der Waals surface area (Å²) in [5, 5.41) is 0. The van der Waals surface area contributed by atoms with Gasteiger partial charge in [0, 0.05) is 13.1 Å². The maximum absolute atomic E-state index is 12.5. The van der Waals surface area contributed by atoms with Crippen LogP contribution in [-0.4, -0.2) is 42.7 Å². The summed E-state index contributed by atoms with van der Waals surface area (Å²) in [5.41, 5.74) is -1.50. The number of hydrogen-bond acceptors (Lipinski definition) is 2. The zero-order chi connectivity index (χ0) is 13.5. The van der Waals surface area contributed by atoms with Gasteiger partial charge in [-0.05, 0) is 34.2 Å². The van der Waals surface area contributed by atoms with Gasteiger partial charge in [-0.3, -0.25) is 4.90 Å². The molecule has 1 aliphatic heterocycles. The highest BCUT2D eigenvalue weighted by molar-refractivity contribution is 6.66. The smallest absolute Gasteiger partial charge is 0.445 e. The molecule has 6 heteroatoms. The molecule has 0 amide bonds. The highest BCUT2D eigenvalue weighted by Crippen LogP contribution is 2.29. The van der Waals surface area contributed by atoms with Crippen molar-refractivity contribution in [3.63, 3.8) is 0 Å². The van der Waals surface area contributed by atoms with Gasteiger partial charge in [0.15, 0.2) is 0 Å². The summed E-state index contributed by atoms with van der Waals surface area (Å²) in [6, 6.07) is 0. The van der Waals surface area contributed by atoms with Crippen LogP contribution in [-0.2, 0) is 4.74 Å². The summed E-state index contributed by atoms with van der Waals surface area (Å²) >= 11 is 0. The minimum atomic E-state index is -4.94. The van der Waals surface area contributed by atoms with Gasteiger partial charge < -0.3 is 17.7 Å². The van der Waals surface area contributed by atoms with Crippen LogP contribution in [0.15, 0.2) is 12.1 Å². The van der Waals surface area contributed by atoms with Crippen molar-refractivity contribution in [3.8, 4) is 0 Å². The lowest BCUT2D eigenvalue weighted by Gasteiger charge is -2.48. The van der Waals surface area contributed by atoms with Gasteiger partial charge in [-0.25, -0.2) is 0 Å². The number of nitrogens with zero attached hydrogens (tertiary/aromatic N) is 1. The van der Waals surface area contributed by atoms with Crippen LogP contribution < -0.4 is 0 Å². The second-order valence-corrected chi connectivity index (χ2v) is 6.00. The quantitative estimate of drug-likeness (QED) is 0.714. The SMILES string of the molecule is C=C(CN1CC(C)(C)OC(C)(C)C1)[B-](F)(F)F. The van der Waals surface area contributed by atoms with Gasteiger partial charge in [0.2, 0.25) is 0 Å². The fourth-order valence-electron chi connectivity index (χ4n) is 2.45. The zero-order valence-corrected chi connectivity index (χ0v) is 10.9. The lowest BCUT2D eigenvalue weighted by molar-refractivity contribution is -0.178. The molecule has 1 rings (SSSR count). The van der Waals surface area contributed by atoms with Crippen molar-refractivity contribution >= 4 is 6.98 Å². The summed E-state index contributed by atoms with van der Waals surface area (Å²) in [7, 11) is 0. The molecule has 1 heterocycles. The minimum absolute atomic E-state index is 0.125. The molecule has 0 aromatic carbocycles. The van der Waals surface area contributed by atoms with E-state index in [9.17, 15) is 12.9 Å². The van der Waals surface area contributed by atoms with Crippen molar-refractivity contribution in [1.82, 2.24) is 4.90 Å². The zero-order valence-electron chi connectivity index (χ0n) is 10.9. The van der Waals surface area contributed by atoms with Crippen LogP contribution in [0.2, 0.25) is 0 Å². The normalized spacial score (nSPS) is 24.6. The molecule has 1 saturated heterocycles. The van der Waals surface area contributed by atoms with Crippen molar-refractivity contribution < 1.29 is 17.7 Å². The number of halogens is 3. The molecule has 2 nitrogen and oxygen atoms in total. The number of ether oxygens (including phenoxy) is 1. The average Bonchev–Trinajstić information content (AvgIpc) is 1.94. The molecule has 0 spiro atoms. The van der Waals surface area contributed by atoms with E-state index in [1.165, 1.54) is 0 Å². The third-order valence-electron chi connectivity index (χ3n) is 2.65. The fourth-order valence-corrected chi connectivity index (χ4v) is 2.45. The maximum atomic E-state index is 12.5. The third kappa shape index (κ3) is 4.35. The summed E-state index contributed by atoms with van der Waals surface area (Å²) in [6.45, 7) is 6.61. The molecule has 0 unspecified atom stereocenters. The summed E-state index contributed by atoms with van der Waals surface area (Å²) in [5.74, 6) is 0. The first-order valence-electron chi connectivity index (χ1n) is 5.71. The van der Waals surface area contributed by atoms with Gasteiger partial charge in [-0.1, -0.05) is 0 Å². The molecule has 0 saturated carbocycles. The Morgan fingerprint density at radius 2 is 1.59 bits per heavy atom. The molecule has 0 radical (unpaired) electrons. The van der Waals surface area contributed by atoms with Crippen molar-refractivity contribution in [2.45, 2.75) is 38.9 Å². The Labute approximate surface area is 101 Å². The highest BCUT2D eigenvalue weighted by Gasteiger charge is 2.39. The lowest BCUT2D eigenvalue weighted by atomic mass is 9.79. The van der Waals surface area contributed by atoms with E-state index in [4.69, 9.17) is 4.74 Å². The highest BCUT2D eigenvalue weighted by atomic mass is 19.4. The van der Waals surface area contributed by atoms with Gasteiger partial charge in [0.1, 0.15) is 0 Å². The van der Waals surface area contributed by atoms with Crippen molar-refractivity contribution in [1.29, 1.82) is 0 Å². The molecule has 17 heavy (non-hydrogen) atoms. The Balaban J connectivity index is 2.70. The topological polar surface area (TPSA) is 12.5 Å². The van der Waals surface area contributed by atoms with Crippen LogP contribution in [0, 0.1) is 0 Å². The lowest BCUT2D eigenvalue weighted by Crippen LogP contribution is -2.57.